The van der Waals surface area contributed by atoms with Crippen molar-refractivity contribution in [1.29, 1.82) is 0 Å². The Bertz CT molecular complexity index is 1330. The van der Waals surface area contributed by atoms with Crippen LogP contribution in [0, 0.1) is 11.8 Å². The zero-order chi connectivity index (χ0) is 37.0. The minimum absolute atomic E-state index is 0.0168. The minimum atomic E-state index is -1.16. The van der Waals surface area contributed by atoms with Crippen LogP contribution in [0.4, 0.5) is 0 Å². The lowest BCUT2D eigenvalue weighted by atomic mass is 9.99. The van der Waals surface area contributed by atoms with Gasteiger partial charge >= 0.3 is 5.97 Å². The Hall–Kier alpha value is -4.24. The van der Waals surface area contributed by atoms with E-state index in [-0.39, 0.29) is 43.0 Å². The number of carbonyl (C=O) groups excluding carboxylic acids is 5. The van der Waals surface area contributed by atoms with Crippen LogP contribution in [0.2, 0.25) is 0 Å². The summed E-state index contributed by atoms with van der Waals surface area (Å²) in [5, 5.41) is 33.7. The Labute approximate surface area is 293 Å². The summed E-state index contributed by atoms with van der Waals surface area (Å²) in [7, 11) is 0. The second-order valence-electron chi connectivity index (χ2n) is 13.9. The molecule has 1 aromatic carbocycles. The first kappa shape index (κ1) is 40.2. The number of aliphatic carboxylic acids is 1. The molecule has 9 N–H and O–H groups in total. The van der Waals surface area contributed by atoms with Crippen LogP contribution in [0.5, 0.6) is 5.75 Å². The van der Waals surface area contributed by atoms with E-state index in [2.05, 4.69) is 26.6 Å². The van der Waals surface area contributed by atoms with Crippen molar-refractivity contribution in [3.63, 3.8) is 0 Å². The van der Waals surface area contributed by atoms with Gasteiger partial charge in [-0.2, -0.15) is 0 Å². The van der Waals surface area contributed by atoms with Gasteiger partial charge in [0.15, 0.2) is 0 Å². The first-order valence-corrected chi connectivity index (χ1v) is 17.7. The third-order valence-electron chi connectivity index (χ3n) is 9.26. The summed E-state index contributed by atoms with van der Waals surface area (Å²) in [6.45, 7) is 8.38. The third kappa shape index (κ3) is 11.4. The van der Waals surface area contributed by atoms with E-state index in [9.17, 15) is 39.0 Å². The smallest absolute Gasteiger partial charge is 0.326 e. The van der Waals surface area contributed by atoms with Gasteiger partial charge in [0.05, 0.1) is 6.04 Å². The molecule has 2 saturated heterocycles. The number of carboxylic acids is 1. The van der Waals surface area contributed by atoms with E-state index in [0.717, 1.165) is 13.0 Å². The Kier molecular flexibility index (Phi) is 15.5. The third-order valence-corrected chi connectivity index (χ3v) is 9.26. The van der Waals surface area contributed by atoms with Gasteiger partial charge in [-0.15, -0.1) is 0 Å². The van der Waals surface area contributed by atoms with Gasteiger partial charge in [-0.3, -0.25) is 24.0 Å². The van der Waals surface area contributed by atoms with Crippen LogP contribution in [-0.4, -0.2) is 107 Å². The van der Waals surface area contributed by atoms with Gasteiger partial charge < -0.3 is 47.4 Å². The zero-order valence-corrected chi connectivity index (χ0v) is 29.6. The highest BCUT2D eigenvalue weighted by atomic mass is 16.4. The quantitative estimate of drug-likeness (QED) is 0.0965. The number of phenolic OH excluding ortho intramolecular Hbond substituents is 1. The minimum Gasteiger partial charge on any atom is -0.508 e. The van der Waals surface area contributed by atoms with Crippen LogP contribution in [0.1, 0.15) is 78.2 Å². The molecule has 6 unspecified atom stereocenters. The molecule has 0 saturated carbocycles. The standard InChI is InChI=1S/C35H55N7O8/c1-20(2)28(40-30(44)24-10-7-17-37-24)32(46)38-25(9-5-6-16-36)31(45)41-29(21(3)4)33(47)39-26(19-22-12-14-23(43)15-13-22)34(48)42-18-8-11-27(42)35(49)50/h12-15,20-21,24-29,37,43H,5-11,16-19,36H2,1-4H3,(H,38,46)(H,39,47)(H,40,44)(H,41,45)(H,49,50). The summed E-state index contributed by atoms with van der Waals surface area (Å²) in [4.78, 5) is 80.9. The number of aromatic hydroxyl groups is 1. The van der Waals surface area contributed by atoms with E-state index < -0.39 is 65.7 Å². The van der Waals surface area contributed by atoms with E-state index in [1.165, 1.54) is 17.0 Å². The van der Waals surface area contributed by atoms with Gasteiger partial charge in [-0.1, -0.05) is 39.8 Å². The summed E-state index contributed by atoms with van der Waals surface area (Å²) in [5.41, 5.74) is 6.31. The van der Waals surface area contributed by atoms with Crippen molar-refractivity contribution in [2.45, 2.75) is 115 Å². The number of rotatable bonds is 18. The van der Waals surface area contributed by atoms with Crippen molar-refractivity contribution >= 4 is 35.5 Å². The summed E-state index contributed by atoms with van der Waals surface area (Å²) < 4.78 is 0. The van der Waals surface area contributed by atoms with E-state index >= 15 is 0 Å². The molecule has 278 valence electrons. The molecule has 3 rings (SSSR count). The zero-order valence-electron chi connectivity index (χ0n) is 29.6. The van der Waals surface area contributed by atoms with Gasteiger partial charge in [0.1, 0.15) is 36.0 Å². The summed E-state index contributed by atoms with van der Waals surface area (Å²) in [6, 6.07) is 0.493. The fraction of sp³-hybridized carbons (Fsp3) is 0.657. The van der Waals surface area contributed by atoms with Crippen LogP contribution in [0.25, 0.3) is 0 Å². The van der Waals surface area contributed by atoms with Gasteiger partial charge in [-0.25, -0.2) is 4.79 Å². The molecular formula is C35H55N7O8. The van der Waals surface area contributed by atoms with Crippen LogP contribution in [0.3, 0.4) is 0 Å². The first-order chi connectivity index (χ1) is 23.7. The summed E-state index contributed by atoms with van der Waals surface area (Å²) >= 11 is 0. The predicted octanol–water partition coefficient (Wildman–Crippen LogP) is 0.143. The number of benzene rings is 1. The predicted molar refractivity (Wildman–Crippen MR) is 186 cm³/mol. The number of nitrogens with two attached hydrogens (primary N) is 1. The van der Waals surface area contributed by atoms with Crippen LogP contribution < -0.4 is 32.3 Å². The van der Waals surface area contributed by atoms with Crippen molar-refractivity contribution < 1.29 is 39.0 Å². The highest BCUT2D eigenvalue weighted by Crippen LogP contribution is 2.21. The molecule has 0 radical (unpaired) electrons. The Morgan fingerprint density at radius 2 is 1.46 bits per heavy atom. The molecule has 5 amide bonds. The lowest BCUT2D eigenvalue weighted by molar-refractivity contribution is -0.149. The monoisotopic (exact) mass is 701 g/mol. The highest BCUT2D eigenvalue weighted by molar-refractivity contribution is 5.96. The van der Waals surface area contributed by atoms with Crippen molar-refractivity contribution in [3.8, 4) is 5.75 Å². The van der Waals surface area contributed by atoms with Crippen LogP contribution in [-0.2, 0) is 35.2 Å². The SMILES string of the molecule is CC(C)C(NC(=O)C1CCCN1)C(=O)NC(CCCCN)C(=O)NC(C(=O)NC(Cc1ccc(O)cc1)C(=O)N1CCCC1C(=O)O)C(C)C. The molecule has 0 aliphatic carbocycles. The maximum absolute atomic E-state index is 13.8. The van der Waals surface area contributed by atoms with Gasteiger partial charge in [0, 0.05) is 13.0 Å². The van der Waals surface area contributed by atoms with Crippen LogP contribution >= 0.6 is 0 Å². The molecule has 2 heterocycles. The van der Waals surface area contributed by atoms with Gasteiger partial charge in [0.2, 0.25) is 29.5 Å². The largest absolute Gasteiger partial charge is 0.508 e. The maximum atomic E-state index is 13.8. The molecule has 2 fully saturated rings. The second kappa shape index (κ2) is 19.2. The molecular weight excluding hydrogens is 646 g/mol. The van der Waals surface area contributed by atoms with E-state index in [0.29, 0.717) is 44.2 Å². The Morgan fingerprint density at radius 3 is 2.02 bits per heavy atom. The number of carbonyl (C=O) groups is 6. The Balaban J connectivity index is 1.79. The van der Waals surface area contributed by atoms with E-state index in [4.69, 9.17) is 5.73 Å². The lowest BCUT2D eigenvalue weighted by Gasteiger charge is -2.31. The van der Waals surface area contributed by atoms with Crippen molar-refractivity contribution in [1.82, 2.24) is 31.5 Å². The number of amides is 5. The summed E-state index contributed by atoms with van der Waals surface area (Å²) in [5.74, 6) is -4.45. The Morgan fingerprint density at radius 1 is 0.840 bits per heavy atom. The highest BCUT2D eigenvalue weighted by Gasteiger charge is 2.39. The van der Waals surface area contributed by atoms with Crippen molar-refractivity contribution in [3.05, 3.63) is 29.8 Å². The number of nitrogens with zero attached hydrogens (tertiary/aromatic N) is 1. The molecule has 15 heteroatoms. The lowest BCUT2D eigenvalue weighted by Crippen LogP contribution is -2.61. The van der Waals surface area contributed by atoms with E-state index in [1.54, 1.807) is 39.8 Å². The fourth-order valence-electron chi connectivity index (χ4n) is 6.33. The average Bonchev–Trinajstić information content (AvgIpc) is 3.79. The summed E-state index contributed by atoms with van der Waals surface area (Å²) in [6.07, 6.45) is 3.69. The maximum Gasteiger partial charge on any atom is 0.326 e. The number of hydrogen-bond donors (Lipinski definition) is 8. The van der Waals surface area contributed by atoms with Crippen LogP contribution in [0.15, 0.2) is 24.3 Å². The molecule has 2 aliphatic heterocycles. The second-order valence-corrected chi connectivity index (χ2v) is 13.9. The number of likely N-dealkylation sites (tertiary alicyclic amines) is 1. The topological polar surface area (TPSA) is 232 Å². The molecule has 50 heavy (non-hydrogen) atoms. The molecule has 0 spiro atoms. The molecule has 1 aromatic rings. The van der Waals surface area contributed by atoms with E-state index in [1.807, 2.05) is 0 Å². The molecule has 0 bridgehead atoms. The number of carboxylic acid groups (broad SMARTS) is 1. The number of unbranched alkanes of at least 4 members (excludes halogenated alkanes) is 1. The number of phenols is 1. The van der Waals surface area contributed by atoms with Crippen molar-refractivity contribution in [2.24, 2.45) is 17.6 Å². The van der Waals surface area contributed by atoms with Gasteiger partial charge in [-0.05, 0) is 87.6 Å². The van der Waals surface area contributed by atoms with Crippen molar-refractivity contribution in [2.75, 3.05) is 19.6 Å². The molecule has 6 atom stereocenters. The molecule has 0 aromatic heterocycles. The fourth-order valence-corrected chi connectivity index (χ4v) is 6.33. The van der Waals surface area contributed by atoms with Gasteiger partial charge in [0.25, 0.3) is 0 Å². The normalized spacial score (nSPS) is 19.8. The average molecular weight is 702 g/mol. The first-order valence-electron chi connectivity index (χ1n) is 17.7. The number of hydrogen-bond acceptors (Lipinski definition) is 9. The molecule has 15 nitrogen and oxygen atoms in total. The molecule has 2 aliphatic rings. The number of nitrogens with one attached hydrogen (secondary N) is 5.